The molecule has 0 spiro atoms. The number of aromatic amines is 1. The third-order valence-electron chi connectivity index (χ3n) is 4.31. The Labute approximate surface area is 154 Å². The van der Waals surface area contributed by atoms with E-state index in [9.17, 15) is 4.79 Å². The van der Waals surface area contributed by atoms with E-state index < -0.39 is 0 Å². The van der Waals surface area contributed by atoms with Crippen molar-refractivity contribution >= 4 is 11.8 Å². The van der Waals surface area contributed by atoms with Crippen LogP contribution in [-0.2, 0) is 17.0 Å². The maximum absolute atomic E-state index is 12.0. The quantitative estimate of drug-likeness (QED) is 0.662. The van der Waals surface area contributed by atoms with Gasteiger partial charge in [-0.15, -0.1) is 5.10 Å². The van der Waals surface area contributed by atoms with Crippen molar-refractivity contribution < 1.29 is 9.26 Å². The van der Waals surface area contributed by atoms with E-state index in [1.807, 2.05) is 31.2 Å². The summed E-state index contributed by atoms with van der Waals surface area (Å²) in [6.07, 6.45) is 2.06. The van der Waals surface area contributed by atoms with Gasteiger partial charge in [-0.05, 0) is 25.3 Å². The number of thioether (sulfide) groups is 1. The number of H-pyrrole nitrogens is 1. The number of rotatable bonds is 6. The Morgan fingerprint density at radius 3 is 3.08 bits per heavy atom. The Bertz CT molecular complexity index is 942. The largest absolute Gasteiger partial charge is 0.376 e. The Hall–Kier alpha value is -2.39. The molecule has 0 radical (unpaired) electrons. The van der Waals surface area contributed by atoms with E-state index in [0.29, 0.717) is 29.2 Å². The van der Waals surface area contributed by atoms with Gasteiger partial charge in [0, 0.05) is 12.2 Å². The predicted octanol–water partition coefficient (Wildman–Crippen LogP) is 2.40. The minimum Gasteiger partial charge on any atom is -0.376 e. The molecule has 3 heterocycles. The topological polar surface area (TPSA) is 98.8 Å². The SMILES string of the molecule is Cc1ccccc1-c1noc(CSc2n[nH]c(=O)n2CC2CCCO2)n1. The van der Waals surface area contributed by atoms with Gasteiger partial charge in [0.05, 0.1) is 18.4 Å². The van der Waals surface area contributed by atoms with Crippen LogP contribution < -0.4 is 5.69 Å². The second-order valence-electron chi connectivity index (χ2n) is 6.17. The van der Waals surface area contributed by atoms with Crippen molar-refractivity contribution in [2.24, 2.45) is 0 Å². The molecule has 0 amide bonds. The van der Waals surface area contributed by atoms with Gasteiger partial charge in [0.1, 0.15) is 0 Å². The van der Waals surface area contributed by atoms with Gasteiger partial charge >= 0.3 is 5.69 Å². The molecule has 1 N–H and O–H groups in total. The fraction of sp³-hybridized carbons (Fsp3) is 0.412. The van der Waals surface area contributed by atoms with Crippen LogP contribution in [0.3, 0.4) is 0 Å². The maximum atomic E-state index is 12.0. The highest BCUT2D eigenvalue weighted by Gasteiger charge is 2.20. The molecular weight excluding hydrogens is 354 g/mol. The van der Waals surface area contributed by atoms with Crippen molar-refractivity contribution in [3.8, 4) is 11.4 Å². The molecule has 0 bridgehead atoms. The second-order valence-corrected chi connectivity index (χ2v) is 7.11. The van der Waals surface area contributed by atoms with Gasteiger partial charge < -0.3 is 9.26 Å². The number of hydrogen-bond acceptors (Lipinski definition) is 7. The molecule has 8 nitrogen and oxygen atoms in total. The molecular formula is C17H19N5O3S. The van der Waals surface area contributed by atoms with Gasteiger partial charge in [0.2, 0.25) is 11.7 Å². The third kappa shape index (κ3) is 3.58. The molecule has 0 aliphatic carbocycles. The number of ether oxygens (including phenoxy) is 1. The molecule has 1 aliphatic heterocycles. The van der Waals surface area contributed by atoms with Gasteiger partial charge in [-0.1, -0.05) is 41.2 Å². The molecule has 1 atom stereocenters. The Morgan fingerprint density at radius 1 is 1.38 bits per heavy atom. The lowest BCUT2D eigenvalue weighted by molar-refractivity contribution is 0.0941. The molecule has 2 aromatic heterocycles. The van der Waals surface area contributed by atoms with Gasteiger partial charge in [-0.3, -0.25) is 4.57 Å². The molecule has 9 heteroatoms. The molecule has 4 rings (SSSR count). The summed E-state index contributed by atoms with van der Waals surface area (Å²) in [7, 11) is 0. The van der Waals surface area contributed by atoms with E-state index in [0.717, 1.165) is 30.6 Å². The van der Waals surface area contributed by atoms with Crippen LogP contribution in [0, 0.1) is 6.92 Å². The zero-order valence-corrected chi connectivity index (χ0v) is 15.2. The van der Waals surface area contributed by atoms with Crippen LogP contribution >= 0.6 is 11.8 Å². The maximum Gasteiger partial charge on any atom is 0.344 e. The van der Waals surface area contributed by atoms with Gasteiger partial charge in [-0.2, -0.15) is 4.98 Å². The first-order valence-electron chi connectivity index (χ1n) is 8.49. The molecule has 1 fully saturated rings. The van der Waals surface area contributed by atoms with Crippen LogP contribution in [0.4, 0.5) is 0 Å². The van der Waals surface area contributed by atoms with Crippen LogP contribution in [0.15, 0.2) is 38.7 Å². The van der Waals surface area contributed by atoms with Gasteiger partial charge in [-0.25, -0.2) is 9.89 Å². The summed E-state index contributed by atoms with van der Waals surface area (Å²) in [4.78, 5) is 16.4. The van der Waals surface area contributed by atoms with E-state index in [1.54, 1.807) is 4.57 Å². The molecule has 3 aromatic rings. The smallest absolute Gasteiger partial charge is 0.344 e. The number of nitrogens with zero attached hydrogens (tertiary/aromatic N) is 4. The molecule has 1 saturated heterocycles. The average molecular weight is 373 g/mol. The molecule has 0 saturated carbocycles. The highest BCUT2D eigenvalue weighted by molar-refractivity contribution is 7.98. The molecule has 1 unspecified atom stereocenters. The Morgan fingerprint density at radius 2 is 2.27 bits per heavy atom. The molecule has 1 aromatic carbocycles. The third-order valence-corrected chi connectivity index (χ3v) is 5.27. The summed E-state index contributed by atoms with van der Waals surface area (Å²) in [6, 6.07) is 7.89. The Balaban J connectivity index is 1.45. The van der Waals surface area contributed by atoms with E-state index in [4.69, 9.17) is 9.26 Å². The van der Waals surface area contributed by atoms with Crippen molar-refractivity contribution in [2.45, 2.75) is 43.3 Å². The average Bonchev–Trinajstić information content (AvgIpc) is 3.38. The minimum atomic E-state index is -0.228. The van der Waals surface area contributed by atoms with Crippen LogP contribution in [-0.4, -0.2) is 37.6 Å². The summed E-state index contributed by atoms with van der Waals surface area (Å²) in [5.74, 6) is 1.50. The van der Waals surface area contributed by atoms with Crippen molar-refractivity contribution in [3.05, 3.63) is 46.2 Å². The van der Waals surface area contributed by atoms with E-state index in [1.165, 1.54) is 11.8 Å². The van der Waals surface area contributed by atoms with Crippen molar-refractivity contribution in [1.29, 1.82) is 0 Å². The Kier molecular flexibility index (Phi) is 4.89. The number of benzene rings is 1. The normalized spacial score (nSPS) is 17.0. The van der Waals surface area contributed by atoms with Gasteiger partial charge in [0.15, 0.2) is 5.16 Å². The van der Waals surface area contributed by atoms with Crippen molar-refractivity contribution in [3.63, 3.8) is 0 Å². The van der Waals surface area contributed by atoms with Crippen molar-refractivity contribution in [2.75, 3.05) is 6.61 Å². The predicted molar refractivity (Wildman–Crippen MR) is 95.9 cm³/mol. The van der Waals surface area contributed by atoms with Crippen LogP contribution in [0.25, 0.3) is 11.4 Å². The second kappa shape index (κ2) is 7.46. The zero-order valence-electron chi connectivity index (χ0n) is 14.3. The number of aromatic nitrogens is 5. The molecule has 136 valence electrons. The van der Waals surface area contributed by atoms with E-state index in [2.05, 4.69) is 20.3 Å². The highest BCUT2D eigenvalue weighted by atomic mass is 32.2. The number of hydrogen-bond donors (Lipinski definition) is 1. The lowest BCUT2D eigenvalue weighted by atomic mass is 10.1. The molecule has 26 heavy (non-hydrogen) atoms. The minimum absolute atomic E-state index is 0.0701. The van der Waals surface area contributed by atoms with Crippen molar-refractivity contribution in [1.82, 2.24) is 24.9 Å². The highest BCUT2D eigenvalue weighted by Crippen LogP contribution is 2.24. The lowest BCUT2D eigenvalue weighted by Gasteiger charge is -2.10. The van der Waals surface area contributed by atoms with Gasteiger partial charge in [0.25, 0.3) is 0 Å². The summed E-state index contributed by atoms with van der Waals surface area (Å²) >= 11 is 1.39. The summed E-state index contributed by atoms with van der Waals surface area (Å²) < 4.78 is 12.6. The first-order valence-corrected chi connectivity index (χ1v) is 9.47. The monoisotopic (exact) mass is 373 g/mol. The first kappa shape index (κ1) is 17.0. The fourth-order valence-corrected chi connectivity index (χ4v) is 3.73. The van der Waals surface area contributed by atoms with E-state index >= 15 is 0 Å². The summed E-state index contributed by atoms with van der Waals surface area (Å²) in [5.41, 5.74) is 1.81. The lowest BCUT2D eigenvalue weighted by Crippen LogP contribution is -2.24. The first-order chi connectivity index (χ1) is 12.7. The summed E-state index contributed by atoms with van der Waals surface area (Å²) in [6.45, 7) is 3.27. The van der Waals surface area contributed by atoms with Crippen LogP contribution in [0.1, 0.15) is 24.3 Å². The molecule has 1 aliphatic rings. The zero-order chi connectivity index (χ0) is 17.9. The van der Waals surface area contributed by atoms with Crippen LogP contribution in [0.5, 0.6) is 0 Å². The van der Waals surface area contributed by atoms with E-state index in [-0.39, 0.29) is 11.8 Å². The number of aryl methyl sites for hydroxylation is 1. The standard InChI is InChI=1S/C17H19N5O3S/c1-11-5-2-3-7-13(11)15-18-14(25-21-15)10-26-17-20-19-16(23)22(17)9-12-6-4-8-24-12/h2-3,5,7,12H,4,6,8-10H2,1H3,(H,19,23). The fourth-order valence-electron chi connectivity index (χ4n) is 2.94. The van der Waals surface area contributed by atoms with Crippen LogP contribution in [0.2, 0.25) is 0 Å². The number of nitrogens with one attached hydrogen (secondary N) is 1. The summed E-state index contributed by atoms with van der Waals surface area (Å²) in [5, 5.41) is 11.2.